The zero-order chi connectivity index (χ0) is 18.0. The molecule has 1 aromatic carbocycles. The first-order valence-electron chi connectivity index (χ1n) is 8.91. The number of carbonyl (C=O) groups is 1. The van der Waals surface area contributed by atoms with Crippen molar-refractivity contribution >= 4 is 17.6 Å². The van der Waals surface area contributed by atoms with E-state index in [1.54, 1.807) is 12.1 Å². The lowest BCUT2D eigenvalue weighted by Crippen LogP contribution is -2.38. The third-order valence-corrected chi connectivity index (χ3v) is 5.98. The van der Waals surface area contributed by atoms with E-state index >= 15 is 0 Å². The van der Waals surface area contributed by atoms with E-state index in [9.17, 15) is 14.3 Å². The average Bonchev–Trinajstić information content (AvgIpc) is 2.96. The zero-order valence-corrected chi connectivity index (χ0v) is 14.8. The minimum atomic E-state index is -1.00. The predicted molar refractivity (Wildman–Crippen MR) is 96.0 cm³/mol. The largest absolute Gasteiger partial charge is 0.480 e. The van der Waals surface area contributed by atoms with Crippen LogP contribution in [0.25, 0.3) is 0 Å². The molecule has 0 aromatic heterocycles. The molecule has 0 spiro atoms. The first-order valence-corrected chi connectivity index (χ1v) is 9.29. The summed E-state index contributed by atoms with van der Waals surface area (Å²) in [5.41, 5.74) is 0.293. The summed E-state index contributed by atoms with van der Waals surface area (Å²) in [6.07, 6.45) is 12.6. The van der Waals surface area contributed by atoms with Crippen LogP contribution in [0.2, 0.25) is 5.02 Å². The van der Waals surface area contributed by atoms with E-state index in [-0.39, 0.29) is 17.0 Å². The molecule has 3 rings (SSSR count). The van der Waals surface area contributed by atoms with Crippen LogP contribution in [-0.4, -0.2) is 23.2 Å². The highest BCUT2D eigenvalue weighted by Gasteiger charge is 2.47. The van der Waals surface area contributed by atoms with Crippen molar-refractivity contribution < 1.29 is 14.3 Å². The quantitative estimate of drug-likeness (QED) is 0.788. The molecule has 4 atom stereocenters. The number of nitrogens with one attached hydrogen (secondary N) is 1. The van der Waals surface area contributed by atoms with E-state index in [0.717, 1.165) is 19.3 Å². The summed E-state index contributed by atoms with van der Waals surface area (Å²) in [6.45, 7) is 0. The molecule has 1 aliphatic heterocycles. The normalized spacial score (nSPS) is 30.1. The molecule has 3 nitrogen and oxygen atoms in total. The molecular formula is C20H23ClFNO2. The predicted octanol–water partition coefficient (Wildman–Crippen LogP) is 4.21. The average molecular weight is 364 g/mol. The highest BCUT2D eigenvalue weighted by atomic mass is 35.5. The Balaban J connectivity index is 1.90. The van der Waals surface area contributed by atoms with E-state index in [0.29, 0.717) is 11.5 Å². The van der Waals surface area contributed by atoms with Crippen LogP contribution in [0.3, 0.4) is 0 Å². The van der Waals surface area contributed by atoms with Crippen molar-refractivity contribution in [2.45, 2.75) is 56.5 Å². The Morgan fingerprint density at radius 1 is 1.36 bits per heavy atom. The Hall–Kier alpha value is -1.57. The van der Waals surface area contributed by atoms with E-state index in [1.165, 1.54) is 25.3 Å². The standard InChI is InChI=1S/C20H23ClFNO2/c1-2-13-16(11-12-7-4-3-5-8-12)23-19(20(24)25)17(13)14-9-6-10-15(21)18(14)22/h1,6,9-10,12-13,16-17,19,23H,3-5,7-8,11H2,(H,24,25)/t13?,16-,17-,19?/m0/s1. The van der Waals surface area contributed by atoms with Crippen LogP contribution >= 0.6 is 11.6 Å². The van der Waals surface area contributed by atoms with Crippen LogP contribution < -0.4 is 5.32 Å². The molecule has 2 N–H and O–H groups in total. The maximum absolute atomic E-state index is 14.6. The number of benzene rings is 1. The van der Waals surface area contributed by atoms with Gasteiger partial charge in [-0.3, -0.25) is 10.1 Å². The van der Waals surface area contributed by atoms with Crippen LogP contribution in [-0.2, 0) is 4.79 Å². The number of hydrogen-bond donors (Lipinski definition) is 2. The summed E-state index contributed by atoms with van der Waals surface area (Å²) in [4.78, 5) is 11.8. The molecule has 1 aromatic rings. The second-order valence-electron chi connectivity index (χ2n) is 7.19. The third kappa shape index (κ3) is 3.68. The van der Waals surface area contributed by atoms with Gasteiger partial charge in [0.2, 0.25) is 0 Å². The lowest BCUT2D eigenvalue weighted by Gasteiger charge is -2.27. The molecule has 0 radical (unpaired) electrons. The number of carboxylic acid groups (broad SMARTS) is 1. The smallest absolute Gasteiger partial charge is 0.321 e. The Kier molecular flexibility index (Phi) is 5.66. The van der Waals surface area contributed by atoms with Gasteiger partial charge in [0.15, 0.2) is 0 Å². The molecule has 0 amide bonds. The van der Waals surface area contributed by atoms with Crippen molar-refractivity contribution in [1.29, 1.82) is 0 Å². The Morgan fingerprint density at radius 2 is 2.08 bits per heavy atom. The van der Waals surface area contributed by atoms with Crippen LogP contribution in [0.4, 0.5) is 4.39 Å². The van der Waals surface area contributed by atoms with Crippen LogP contribution in [0.1, 0.15) is 50.0 Å². The Bertz CT molecular complexity index is 681. The highest BCUT2D eigenvalue weighted by Crippen LogP contribution is 2.42. The maximum Gasteiger partial charge on any atom is 0.321 e. The fourth-order valence-corrected chi connectivity index (χ4v) is 4.67. The van der Waals surface area contributed by atoms with Gasteiger partial charge in [0, 0.05) is 17.9 Å². The van der Waals surface area contributed by atoms with E-state index in [1.807, 2.05) is 0 Å². The summed E-state index contributed by atoms with van der Waals surface area (Å²) in [5, 5.41) is 12.8. The molecule has 25 heavy (non-hydrogen) atoms. The molecule has 134 valence electrons. The topological polar surface area (TPSA) is 49.3 Å². The van der Waals surface area contributed by atoms with Crippen molar-refractivity contribution in [1.82, 2.24) is 5.32 Å². The number of hydrogen-bond acceptors (Lipinski definition) is 2. The summed E-state index contributed by atoms with van der Waals surface area (Å²) in [6, 6.07) is 3.68. The second-order valence-corrected chi connectivity index (χ2v) is 7.60. The van der Waals surface area contributed by atoms with Gasteiger partial charge in [-0.1, -0.05) is 55.8 Å². The molecular weight excluding hydrogens is 341 g/mol. The Morgan fingerprint density at radius 3 is 2.72 bits per heavy atom. The number of terminal acetylenes is 1. The minimum Gasteiger partial charge on any atom is -0.480 e. The molecule has 0 bridgehead atoms. The summed E-state index contributed by atoms with van der Waals surface area (Å²) < 4.78 is 14.6. The second kappa shape index (κ2) is 7.76. The molecule has 1 saturated carbocycles. The molecule has 1 saturated heterocycles. The van der Waals surface area contributed by atoms with Crippen LogP contribution in [0.15, 0.2) is 18.2 Å². The lowest BCUT2D eigenvalue weighted by molar-refractivity contribution is -0.139. The highest BCUT2D eigenvalue weighted by molar-refractivity contribution is 6.30. The number of carboxylic acids is 1. The summed E-state index contributed by atoms with van der Waals surface area (Å²) in [7, 11) is 0. The summed E-state index contributed by atoms with van der Waals surface area (Å²) in [5.74, 6) is 0.750. The SMILES string of the molecule is C#CC1[C@@H](c2cccc(Cl)c2F)C(C(=O)O)N[C@H]1CC1CCCCC1. The van der Waals surface area contributed by atoms with Gasteiger partial charge in [-0.15, -0.1) is 12.3 Å². The van der Waals surface area contributed by atoms with Crippen molar-refractivity contribution in [3.8, 4) is 12.3 Å². The van der Waals surface area contributed by atoms with Gasteiger partial charge in [-0.2, -0.15) is 0 Å². The number of halogens is 2. The minimum absolute atomic E-state index is 0.00635. The van der Waals surface area contributed by atoms with Gasteiger partial charge >= 0.3 is 5.97 Å². The monoisotopic (exact) mass is 363 g/mol. The van der Waals surface area contributed by atoms with Gasteiger partial charge < -0.3 is 5.11 Å². The molecule has 2 unspecified atom stereocenters. The first-order chi connectivity index (χ1) is 12.0. The Labute approximate surface area is 153 Å². The van der Waals surface area contributed by atoms with Gasteiger partial charge in [-0.25, -0.2) is 4.39 Å². The maximum atomic E-state index is 14.6. The van der Waals surface area contributed by atoms with Crippen molar-refractivity contribution in [3.05, 3.63) is 34.6 Å². The molecule has 2 aliphatic rings. The molecule has 5 heteroatoms. The lowest BCUT2D eigenvalue weighted by atomic mass is 9.77. The van der Waals surface area contributed by atoms with Crippen molar-refractivity contribution in [3.63, 3.8) is 0 Å². The van der Waals surface area contributed by atoms with E-state index in [4.69, 9.17) is 18.0 Å². The van der Waals surface area contributed by atoms with Crippen molar-refractivity contribution in [2.75, 3.05) is 0 Å². The number of rotatable bonds is 4. The first kappa shape index (κ1) is 18.2. The van der Waals surface area contributed by atoms with Crippen LogP contribution in [0.5, 0.6) is 0 Å². The molecule has 2 fully saturated rings. The number of aliphatic carboxylic acids is 1. The van der Waals surface area contributed by atoms with E-state index in [2.05, 4.69) is 11.2 Å². The molecule has 1 aliphatic carbocycles. The third-order valence-electron chi connectivity index (χ3n) is 5.68. The van der Waals surface area contributed by atoms with Crippen molar-refractivity contribution in [2.24, 2.45) is 11.8 Å². The zero-order valence-electron chi connectivity index (χ0n) is 14.1. The molecule has 1 heterocycles. The fraction of sp³-hybridized carbons (Fsp3) is 0.550. The summed E-state index contributed by atoms with van der Waals surface area (Å²) >= 11 is 5.91. The van der Waals surface area contributed by atoms with Gasteiger partial charge in [0.1, 0.15) is 11.9 Å². The van der Waals surface area contributed by atoms with Gasteiger partial charge in [-0.05, 0) is 24.0 Å². The van der Waals surface area contributed by atoms with Gasteiger partial charge in [0.25, 0.3) is 0 Å². The van der Waals surface area contributed by atoms with E-state index < -0.39 is 23.7 Å². The van der Waals surface area contributed by atoms with Crippen LogP contribution in [0, 0.1) is 30.0 Å². The van der Waals surface area contributed by atoms with Gasteiger partial charge in [0.05, 0.1) is 5.02 Å². The fourth-order valence-electron chi connectivity index (χ4n) is 4.49.